The van der Waals surface area contributed by atoms with Crippen molar-refractivity contribution in [3.05, 3.63) is 66.7 Å². The number of morpholine rings is 1. The molecule has 3 aromatic rings. The van der Waals surface area contributed by atoms with E-state index in [1.54, 1.807) is 24.3 Å². The molecule has 41 heavy (non-hydrogen) atoms. The van der Waals surface area contributed by atoms with Crippen molar-refractivity contribution in [2.75, 3.05) is 62.8 Å². The van der Waals surface area contributed by atoms with E-state index in [1.165, 1.54) is 53.9 Å². The van der Waals surface area contributed by atoms with E-state index in [2.05, 4.69) is 5.32 Å². The Labute approximate surface area is 238 Å². The molecular formula is C27H29N3O9S2. The minimum absolute atomic E-state index is 0.0149. The molecule has 2 aliphatic rings. The molecule has 218 valence electrons. The summed E-state index contributed by atoms with van der Waals surface area (Å²) in [5.41, 5.74) is 0.259. The Morgan fingerprint density at radius 2 is 1.59 bits per heavy atom. The molecule has 2 heterocycles. The second kappa shape index (κ2) is 11.9. The largest absolute Gasteiger partial charge is 0.495 e. The van der Waals surface area contributed by atoms with E-state index in [0.29, 0.717) is 24.7 Å². The van der Waals surface area contributed by atoms with Gasteiger partial charge in [0.1, 0.15) is 25.5 Å². The summed E-state index contributed by atoms with van der Waals surface area (Å²) in [6.07, 6.45) is 0. The summed E-state index contributed by atoms with van der Waals surface area (Å²) in [5.74, 6) is 0.296. The van der Waals surface area contributed by atoms with E-state index in [-0.39, 0.29) is 53.2 Å². The molecule has 5 rings (SSSR count). The van der Waals surface area contributed by atoms with Crippen LogP contribution < -0.4 is 23.8 Å². The molecule has 0 aliphatic carbocycles. The van der Waals surface area contributed by atoms with Crippen LogP contribution >= 0.6 is 0 Å². The van der Waals surface area contributed by atoms with Crippen molar-refractivity contribution in [1.82, 2.24) is 4.31 Å². The number of fused-ring (bicyclic) bond motifs is 1. The number of sulfonamides is 2. The van der Waals surface area contributed by atoms with Crippen LogP contribution in [-0.2, 0) is 29.6 Å². The highest BCUT2D eigenvalue weighted by atomic mass is 32.2. The maximum absolute atomic E-state index is 13.7. The van der Waals surface area contributed by atoms with Crippen LogP contribution in [0.4, 0.5) is 11.4 Å². The molecule has 2 aliphatic heterocycles. The zero-order valence-corrected chi connectivity index (χ0v) is 23.8. The Bertz CT molecular complexity index is 1620. The van der Waals surface area contributed by atoms with Gasteiger partial charge in [0.2, 0.25) is 15.9 Å². The minimum atomic E-state index is -4.20. The van der Waals surface area contributed by atoms with Crippen molar-refractivity contribution in [2.45, 2.75) is 9.79 Å². The lowest BCUT2D eigenvalue weighted by Crippen LogP contribution is -2.40. The number of benzene rings is 3. The van der Waals surface area contributed by atoms with Gasteiger partial charge in [-0.2, -0.15) is 4.31 Å². The van der Waals surface area contributed by atoms with Gasteiger partial charge in [-0.25, -0.2) is 16.8 Å². The standard InChI is InChI=1S/C27H29N3O9S2/c1-36-24-10-8-22(40(32,33)29-11-13-37-14-12-29)18-23(24)28-27(31)19-30(41(34,35)21-5-3-2-4-6-21)20-7-9-25-26(17-20)39-16-15-38-25/h2-10,17-18H,11-16,19H2,1H3,(H,28,31). The van der Waals surface area contributed by atoms with Crippen LogP contribution in [-0.4, -0.2) is 80.2 Å². The van der Waals surface area contributed by atoms with Crippen LogP contribution in [0.25, 0.3) is 0 Å². The Kier molecular flexibility index (Phi) is 8.35. The maximum atomic E-state index is 13.7. The predicted octanol–water partition coefficient (Wildman–Crippen LogP) is 2.32. The van der Waals surface area contributed by atoms with Gasteiger partial charge < -0.3 is 24.3 Å². The van der Waals surface area contributed by atoms with Gasteiger partial charge in [0.05, 0.1) is 41.5 Å². The molecule has 0 bridgehead atoms. The summed E-state index contributed by atoms with van der Waals surface area (Å²) in [5, 5.41) is 2.63. The monoisotopic (exact) mass is 603 g/mol. The number of methoxy groups -OCH3 is 1. The summed E-state index contributed by atoms with van der Waals surface area (Å²) < 4.78 is 77.9. The third-order valence-corrected chi connectivity index (χ3v) is 10.2. The molecule has 0 radical (unpaired) electrons. The fraction of sp³-hybridized carbons (Fsp3) is 0.296. The highest BCUT2D eigenvalue weighted by Gasteiger charge is 2.30. The third kappa shape index (κ3) is 6.10. The van der Waals surface area contributed by atoms with Gasteiger partial charge in [-0.05, 0) is 42.5 Å². The fourth-order valence-electron chi connectivity index (χ4n) is 4.42. The Balaban J connectivity index is 1.46. The van der Waals surface area contributed by atoms with Crippen LogP contribution in [0.3, 0.4) is 0 Å². The average Bonchev–Trinajstić information content (AvgIpc) is 3.00. The Morgan fingerprint density at radius 3 is 2.29 bits per heavy atom. The number of carbonyl (C=O) groups is 1. The summed E-state index contributed by atoms with van der Waals surface area (Å²) >= 11 is 0. The Morgan fingerprint density at radius 1 is 0.878 bits per heavy atom. The average molecular weight is 604 g/mol. The van der Waals surface area contributed by atoms with Gasteiger partial charge in [0, 0.05) is 19.2 Å². The molecule has 3 aromatic carbocycles. The van der Waals surface area contributed by atoms with Gasteiger partial charge in [0.25, 0.3) is 10.0 Å². The van der Waals surface area contributed by atoms with Gasteiger partial charge in [-0.1, -0.05) is 18.2 Å². The number of ether oxygens (including phenoxy) is 4. The van der Waals surface area contributed by atoms with E-state index in [0.717, 1.165) is 4.31 Å². The fourth-order valence-corrected chi connectivity index (χ4v) is 7.29. The number of rotatable bonds is 9. The smallest absolute Gasteiger partial charge is 0.264 e. The van der Waals surface area contributed by atoms with Crippen molar-refractivity contribution in [2.24, 2.45) is 0 Å². The van der Waals surface area contributed by atoms with Crippen molar-refractivity contribution < 1.29 is 40.6 Å². The number of hydrogen-bond donors (Lipinski definition) is 1. The highest BCUT2D eigenvalue weighted by molar-refractivity contribution is 7.92. The van der Waals surface area contributed by atoms with Crippen LogP contribution in [0.1, 0.15) is 0 Å². The Hall–Kier alpha value is -3.85. The molecule has 0 aromatic heterocycles. The number of hydrogen-bond acceptors (Lipinski definition) is 9. The minimum Gasteiger partial charge on any atom is -0.495 e. The van der Waals surface area contributed by atoms with E-state index in [9.17, 15) is 21.6 Å². The SMILES string of the molecule is COc1ccc(S(=O)(=O)N2CCOCC2)cc1NC(=O)CN(c1ccc2c(c1)OCCO2)S(=O)(=O)c1ccccc1. The normalized spacial score (nSPS) is 15.6. The molecule has 0 atom stereocenters. The van der Waals surface area contributed by atoms with Crippen molar-refractivity contribution in [3.63, 3.8) is 0 Å². The van der Waals surface area contributed by atoms with Gasteiger partial charge in [-0.3, -0.25) is 9.10 Å². The molecular weight excluding hydrogens is 574 g/mol. The van der Waals surface area contributed by atoms with E-state index in [4.69, 9.17) is 18.9 Å². The first-order chi connectivity index (χ1) is 19.7. The molecule has 0 spiro atoms. The van der Waals surface area contributed by atoms with Crippen molar-refractivity contribution in [3.8, 4) is 17.2 Å². The highest BCUT2D eigenvalue weighted by Crippen LogP contribution is 2.36. The van der Waals surface area contributed by atoms with Gasteiger partial charge in [-0.15, -0.1) is 0 Å². The first kappa shape index (κ1) is 28.7. The van der Waals surface area contributed by atoms with E-state index >= 15 is 0 Å². The van der Waals surface area contributed by atoms with Gasteiger partial charge >= 0.3 is 0 Å². The molecule has 1 amide bonds. The zero-order chi connectivity index (χ0) is 29.0. The predicted molar refractivity (Wildman–Crippen MR) is 150 cm³/mol. The number of amides is 1. The van der Waals surface area contributed by atoms with Crippen molar-refractivity contribution in [1.29, 1.82) is 0 Å². The first-order valence-electron chi connectivity index (χ1n) is 12.7. The lowest BCUT2D eigenvalue weighted by atomic mass is 10.2. The molecule has 0 unspecified atom stereocenters. The number of nitrogens with zero attached hydrogens (tertiary/aromatic N) is 2. The number of nitrogens with one attached hydrogen (secondary N) is 1. The molecule has 0 saturated carbocycles. The van der Waals surface area contributed by atoms with E-state index in [1.807, 2.05) is 0 Å². The number of anilines is 2. The molecule has 1 fully saturated rings. The third-order valence-electron chi connectivity index (χ3n) is 6.49. The van der Waals surface area contributed by atoms with Crippen LogP contribution in [0.5, 0.6) is 17.2 Å². The second-order valence-electron chi connectivity index (χ2n) is 9.08. The first-order valence-corrected chi connectivity index (χ1v) is 15.6. The van der Waals surface area contributed by atoms with E-state index < -0.39 is 32.5 Å². The molecule has 1 saturated heterocycles. The lowest BCUT2D eigenvalue weighted by Gasteiger charge is -2.27. The quantitative estimate of drug-likeness (QED) is 0.390. The van der Waals surface area contributed by atoms with Crippen LogP contribution in [0.2, 0.25) is 0 Å². The van der Waals surface area contributed by atoms with Crippen LogP contribution in [0.15, 0.2) is 76.5 Å². The summed E-state index contributed by atoms with van der Waals surface area (Å²) in [6, 6.07) is 16.4. The second-order valence-corrected chi connectivity index (χ2v) is 12.9. The lowest BCUT2D eigenvalue weighted by molar-refractivity contribution is -0.114. The van der Waals surface area contributed by atoms with Crippen molar-refractivity contribution >= 4 is 37.3 Å². The molecule has 1 N–H and O–H groups in total. The topological polar surface area (TPSA) is 141 Å². The van der Waals surface area contributed by atoms with Gasteiger partial charge in [0.15, 0.2) is 11.5 Å². The summed E-state index contributed by atoms with van der Waals surface area (Å²) in [7, 11) is -6.69. The number of carbonyl (C=O) groups excluding carboxylic acids is 1. The summed E-state index contributed by atoms with van der Waals surface area (Å²) in [4.78, 5) is 13.3. The summed E-state index contributed by atoms with van der Waals surface area (Å²) in [6.45, 7) is 1.01. The molecule has 12 nitrogen and oxygen atoms in total. The van der Waals surface area contributed by atoms with Crippen LogP contribution in [0, 0.1) is 0 Å². The molecule has 14 heteroatoms. The zero-order valence-electron chi connectivity index (χ0n) is 22.2. The maximum Gasteiger partial charge on any atom is 0.264 e.